The summed E-state index contributed by atoms with van der Waals surface area (Å²) in [6.07, 6.45) is 3.08. The van der Waals surface area contributed by atoms with Crippen LogP contribution in [0.1, 0.15) is 26.2 Å². The number of hydrogen-bond acceptors (Lipinski definition) is 4. The molecule has 0 aliphatic heterocycles. The molecule has 1 aromatic rings. The van der Waals surface area contributed by atoms with Gasteiger partial charge in [-0.1, -0.05) is 25.8 Å². The van der Waals surface area contributed by atoms with Gasteiger partial charge in [0, 0.05) is 7.05 Å². The van der Waals surface area contributed by atoms with E-state index in [1.807, 2.05) is 0 Å². The fraction of sp³-hybridized carbons (Fsp3) is 0.500. The van der Waals surface area contributed by atoms with Gasteiger partial charge in [0.05, 0.1) is 11.5 Å². The van der Waals surface area contributed by atoms with E-state index < -0.39 is 4.92 Å². The summed E-state index contributed by atoms with van der Waals surface area (Å²) in [5.41, 5.74) is 0.481. The lowest BCUT2D eigenvalue weighted by Crippen LogP contribution is -2.03. The van der Waals surface area contributed by atoms with Crippen LogP contribution >= 0.6 is 0 Å². The van der Waals surface area contributed by atoms with Crippen LogP contribution in [0.4, 0.5) is 11.4 Å². The predicted molar refractivity (Wildman–Crippen MR) is 67.7 cm³/mol. The van der Waals surface area contributed by atoms with Gasteiger partial charge < -0.3 is 10.1 Å². The Labute approximate surface area is 101 Å². The number of para-hydroxylation sites is 1. The molecule has 1 aromatic carbocycles. The first-order valence-electron chi connectivity index (χ1n) is 5.78. The number of benzene rings is 1. The number of anilines is 1. The first-order valence-corrected chi connectivity index (χ1v) is 5.78. The third kappa shape index (κ3) is 3.62. The Balaban J connectivity index is 2.79. The van der Waals surface area contributed by atoms with Gasteiger partial charge in [-0.05, 0) is 18.6 Å². The van der Waals surface area contributed by atoms with Crippen molar-refractivity contribution in [3.63, 3.8) is 0 Å². The highest BCUT2D eigenvalue weighted by atomic mass is 16.6. The minimum absolute atomic E-state index is 0.00602. The van der Waals surface area contributed by atoms with Crippen LogP contribution in [0.2, 0.25) is 0 Å². The number of hydrogen-bond donors (Lipinski definition) is 1. The molecule has 0 aromatic heterocycles. The highest BCUT2D eigenvalue weighted by Gasteiger charge is 2.19. The van der Waals surface area contributed by atoms with Crippen molar-refractivity contribution in [1.82, 2.24) is 0 Å². The van der Waals surface area contributed by atoms with Crippen molar-refractivity contribution in [2.75, 3.05) is 19.0 Å². The van der Waals surface area contributed by atoms with Crippen LogP contribution in [0.15, 0.2) is 18.2 Å². The second kappa shape index (κ2) is 6.73. The Morgan fingerprint density at radius 1 is 1.41 bits per heavy atom. The highest BCUT2D eigenvalue weighted by molar-refractivity contribution is 5.68. The molecule has 0 aliphatic rings. The lowest BCUT2D eigenvalue weighted by molar-refractivity contribution is -0.384. The minimum atomic E-state index is -0.416. The molecule has 0 saturated carbocycles. The maximum Gasteiger partial charge on any atom is 0.333 e. The van der Waals surface area contributed by atoms with E-state index in [2.05, 4.69) is 12.2 Å². The molecule has 0 radical (unpaired) electrons. The van der Waals surface area contributed by atoms with Gasteiger partial charge in [0.2, 0.25) is 0 Å². The van der Waals surface area contributed by atoms with E-state index in [1.54, 1.807) is 25.2 Å². The Bertz CT molecular complexity index is 380. The van der Waals surface area contributed by atoms with Crippen molar-refractivity contribution in [3.8, 4) is 5.75 Å². The monoisotopic (exact) mass is 238 g/mol. The van der Waals surface area contributed by atoms with Gasteiger partial charge in [-0.3, -0.25) is 10.1 Å². The first-order chi connectivity index (χ1) is 8.20. The zero-order chi connectivity index (χ0) is 12.7. The van der Waals surface area contributed by atoms with Crippen LogP contribution in [0.25, 0.3) is 0 Å². The molecule has 0 saturated heterocycles. The summed E-state index contributed by atoms with van der Waals surface area (Å²) >= 11 is 0. The largest absolute Gasteiger partial charge is 0.487 e. The maximum absolute atomic E-state index is 11.0. The summed E-state index contributed by atoms with van der Waals surface area (Å²) in [6.45, 7) is 2.62. The van der Waals surface area contributed by atoms with Crippen molar-refractivity contribution >= 4 is 11.4 Å². The lowest BCUT2D eigenvalue weighted by Gasteiger charge is -2.09. The standard InChI is InChI=1S/C12H18N2O3/c1-3-4-5-9-17-11-8-6-7-10(13-2)12(11)14(15)16/h6-8,13H,3-5,9H2,1-2H3. The topological polar surface area (TPSA) is 64.4 Å². The summed E-state index contributed by atoms with van der Waals surface area (Å²) in [7, 11) is 1.66. The summed E-state index contributed by atoms with van der Waals surface area (Å²) in [5, 5.41) is 13.8. The predicted octanol–water partition coefficient (Wildman–Crippen LogP) is 3.21. The Morgan fingerprint density at radius 2 is 2.18 bits per heavy atom. The Kier molecular flexibility index (Phi) is 5.26. The molecule has 0 fully saturated rings. The highest BCUT2D eigenvalue weighted by Crippen LogP contribution is 2.34. The average molecular weight is 238 g/mol. The van der Waals surface area contributed by atoms with Crippen LogP contribution in [0, 0.1) is 10.1 Å². The van der Waals surface area contributed by atoms with Crippen LogP contribution in [-0.2, 0) is 0 Å². The summed E-state index contributed by atoms with van der Waals surface area (Å²) < 4.78 is 5.46. The van der Waals surface area contributed by atoms with Gasteiger partial charge in [0.15, 0.2) is 5.75 Å². The summed E-state index contributed by atoms with van der Waals surface area (Å²) in [4.78, 5) is 10.6. The van der Waals surface area contributed by atoms with E-state index >= 15 is 0 Å². The van der Waals surface area contributed by atoms with Gasteiger partial charge in [-0.25, -0.2) is 0 Å². The lowest BCUT2D eigenvalue weighted by atomic mass is 10.2. The van der Waals surface area contributed by atoms with Gasteiger partial charge in [0.1, 0.15) is 5.69 Å². The number of nitro benzene ring substituents is 1. The molecule has 1 N–H and O–H groups in total. The molecule has 0 unspecified atom stereocenters. The molecule has 0 atom stereocenters. The Hall–Kier alpha value is -1.78. The number of unbranched alkanes of at least 4 members (excludes halogenated alkanes) is 2. The SMILES string of the molecule is CCCCCOc1cccc(NC)c1[N+](=O)[O-]. The molecule has 94 valence electrons. The van der Waals surface area contributed by atoms with Crippen molar-refractivity contribution < 1.29 is 9.66 Å². The van der Waals surface area contributed by atoms with E-state index in [4.69, 9.17) is 4.74 Å². The first kappa shape index (κ1) is 13.3. The van der Waals surface area contributed by atoms with E-state index in [-0.39, 0.29) is 5.69 Å². The second-order valence-corrected chi connectivity index (χ2v) is 3.71. The quantitative estimate of drug-likeness (QED) is 0.450. The fourth-order valence-electron chi connectivity index (χ4n) is 1.56. The molecule has 0 aliphatic carbocycles. The van der Waals surface area contributed by atoms with Gasteiger partial charge in [0.25, 0.3) is 0 Å². The molecular formula is C12H18N2O3. The zero-order valence-electron chi connectivity index (χ0n) is 10.2. The van der Waals surface area contributed by atoms with E-state index in [1.165, 1.54) is 0 Å². The van der Waals surface area contributed by atoms with Crippen molar-refractivity contribution in [2.45, 2.75) is 26.2 Å². The molecule has 17 heavy (non-hydrogen) atoms. The van der Waals surface area contributed by atoms with Gasteiger partial charge >= 0.3 is 5.69 Å². The summed E-state index contributed by atoms with van der Waals surface area (Å²) in [6, 6.07) is 5.04. The molecule has 1 rings (SSSR count). The van der Waals surface area contributed by atoms with Crippen molar-refractivity contribution in [3.05, 3.63) is 28.3 Å². The smallest absolute Gasteiger partial charge is 0.333 e. The Morgan fingerprint density at radius 3 is 2.76 bits per heavy atom. The van der Waals surface area contributed by atoms with Crippen LogP contribution in [0.3, 0.4) is 0 Å². The number of rotatable bonds is 7. The number of nitrogens with one attached hydrogen (secondary N) is 1. The second-order valence-electron chi connectivity index (χ2n) is 3.71. The van der Waals surface area contributed by atoms with Gasteiger partial charge in [-0.2, -0.15) is 0 Å². The molecule has 0 heterocycles. The van der Waals surface area contributed by atoms with Gasteiger partial charge in [-0.15, -0.1) is 0 Å². The number of nitrogens with zero attached hydrogens (tertiary/aromatic N) is 1. The van der Waals surface area contributed by atoms with E-state index in [0.29, 0.717) is 18.0 Å². The van der Waals surface area contributed by atoms with Crippen LogP contribution < -0.4 is 10.1 Å². The third-order valence-corrected chi connectivity index (χ3v) is 2.46. The van der Waals surface area contributed by atoms with Crippen LogP contribution in [-0.4, -0.2) is 18.6 Å². The molecule has 0 amide bonds. The molecule has 0 spiro atoms. The number of ether oxygens (including phenoxy) is 1. The number of nitro groups is 1. The summed E-state index contributed by atoms with van der Waals surface area (Å²) in [5.74, 6) is 0.331. The molecule has 0 bridgehead atoms. The molecular weight excluding hydrogens is 220 g/mol. The van der Waals surface area contributed by atoms with E-state index in [9.17, 15) is 10.1 Å². The average Bonchev–Trinajstić information content (AvgIpc) is 2.33. The zero-order valence-corrected chi connectivity index (χ0v) is 10.2. The van der Waals surface area contributed by atoms with Crippen LogP contribution in [0.5, 0.6) is 5.75 Å². The van der Waals surface area contributed by atoms with Crippen molar-refractivity contribution in [1.29, 1.82) is 0 Å². The normalized spacial score (nSPS) is 10.0. The minimum Gasteiger partial charge on any atom is -0.487 e. The molecule has 5 nitrogen and oxygen atoms in total. The maximum atomic E-state index is 11.0. The van der Waals surface area contributed by atoms with E-state index in [0.717, 1.165) is 19.3 Å². The third-order valence-electron chi connectivity index (χ3n) is 2.46. The fourth-order valence-corrected chi connectivity index (χ4v) is 1.56. The molecule has 5 heteroatoms. The van der Waals surface area contributed by atoms with Crippen molar-refractivity contribution in [2.24, 2.45) is 0 Å².